The average Bonchev–Trinajstić information content (AvgIpc) is 2.58. The molecule has 0 bridgehead atoms. The first-order valence-electron chi connectivity index (χ1n) is 8.72. The van der Waals surface area contributed by atoms with E-state index in [-0.39, 0.29) is 17.7 Å². The Labute approximate surface area is 143 Å². The zero-order valence-corrected chi connectivity index (χ0v) is 14.6. The molecule has 0 spiro atoms. The van der Waals surface area contributed by atoms with E-state index in [2.05, 4.69) is 13.8 Å². The van der Waals surface area contributed by atoms with Gasteiger partial charge in [0, 0.05) is 0 Å². The maximum Gasteiger partial charge on any atom is 0.338 e. The van der Waals surface area contributed by atoms with Gasteiger partial charge in [-0.2, -0.15) is 0 Å². The molecule has 0 atom stereocenters. The van der Waals surface area contributed by atoms with Crippen LogP contribution in [0, 0.1) is 0 Å². The third-order valence-electron chi connectivity index (χ3n) is 3.95. The third-order valence-corrected chi connectivity index (χ3v) is 3.95. The Morgan fingerprint density at radius 2 is 1.62 bits per heavy atom. The highest BCUT2D eigenvalue weighted by Gasteiger charge is 2.21. The standard InChI is InChI=1S/C19H28O5/c1-3-5-7-9-15-16(18(21)22)11-14(13-20)12-17(15)19(23)24-10-8-6-4-2/h11-12,20H,3-10,13H2,1-2H3,(H,21,22). The number of ether oxygens (including phenoxy) is 1. The maximum atomic E-state index is 12.4. The Morgan fingerprint density at radius 1 is 1.00 bits per heavy atom. The van der Waals surface area contributed by atoms with Crippen molar-refractivity contribution in [1.82, 2.24) is 0 Å². The molecule has 0 saturated carbocycles. The minimum absolute atomic E-state index is 0.0816. The molecule has 0 aliphatic heterocycles. The van der Waals surface area contributed by atoms with Crippen molar-refractivity contribution in [2.75, 3.05) is 6.61 Å². The molecule has 24 heavy (non-hydrogen) atoms. The van der Waals surface area contributed by atoms with Crippen molar-refractivity contribution in [3.8, 4) is 0 Å². The lowest BCUT2D eigenvalue weighted by Crippen LogP contribution is -2.15. The van der Waals surface area contributed by atoms with Gasteiger partial charge in [0.05, 0.1) is 24.3 Å². The average molecular weight is 336 g/mol. The summed E-state index contributed by atoms with van der Waals surface area (Å²) in [6.45, 7) is 4.14. The molecule has 0 aromatic heterocycles. The smallest absolute Gasteiger partial charge is 0.338 e. The molecule has 0 saturated heterocycles. The summed E-state index contributed by atoms with van der Waals surface area (Å²) < 4.78 is 5.30. The molecule has 5 nitrogen and oxygen atoms in total. The number of aromatic carboxylic acids is 1. The van der Waals surface area contributed by atoms with E-state index >= 15 is 0 Å². The van der Waals surface area contributed by atoms with E-state index < -0.39 is 11.9 Å². The molecular formula is C19H28O5. The second-order valence-electron chi connectivity index (χ2n) is 5.93. The Morgan fingerprint density at radius 3 is 2.21 bits per heavy atom. The number of hydrogen-bond donors (Lipinski definition) is 2. The molecule has 1 aromatic rings. The van der Waals surface area contributed by atoms with E-state index in [4.69, 9.17) is 4.74 Å². The van der Waals surface area contributed by atoms with Crippen LogP contribution in [0.5, 0.6) is 0 Å². The lowest BCUT2D eigenvalue weighted by atomic mass is 9.93. The summed E-state index contributed by atoms with van der Waals surface area (Å²) in [4.78, 5) is 24.0. The molecule has 0 unspecified atom stereocenters. The molecule has 2 N–H and O–H groups in total. The first kappa shape index (κ1) is 20.2. The van der Waals surface area contributed by atoms with E-state index in [1.807, 2.05) is 0 Å². The molecule has 0 aliphatic rings. The second-order valence-corrected chi connectivity index (χ2v) is 5.93. The van der Waals surface area contributed by atoms with Gasteiger partial charge < -0.3 is 14.9 Å². The number of carbonyl (C=O) groups excluding carboxylic acids is 1. The monoisotopic (exact) mass is 336 g/mol. The SMILES string of the molecule is CCCCCOC(=O)c1cc(CO)cc(C(=O)O)c1CCCCC. The minimum Gasteiger partial charge on any atom is -0.478 e. The summed E-state index contributed by atoms with van der Waals surface area (Å²) in [6.07, 6.45) is 6.10. The van der Waals surface area contributed by atoms with Crippen molar-refractivity contribution in [2.24, 2.45) is 0 Å². The van der Waals surface area contributed by atoms with Crippen molar-refractivity contribution < 1.29 is 24.5 Å². The highest BCUT2D eigenvalue weighted by molar-refractivity contribution is 5.97. The van der Waals surface area contributed by atoms with Gasteiger partial charge in [0.25, 0.3) is 0 Å². The number of carbonyl (C=O) groups is 2. The fraction of sp³-hybridized carbons (Fsp3) is 0.579. The quantitative estimate of drug-likeness (QED) is 0.472. The zero-order valence-electron chi connectivity index (χ0n) is 14.6. The van der Waals surface area contributed by atoms with Gasteiger partial charge in [0.1, 0.15) is 0 Å². The fourth-order valence-electron chi connectivity index (χ4n) is 2.61. The summed E-state index contributed by atoms with van der Waals surface area (Å²) >= 11 is 0. The van der Waals surface area contributed by atoms with Crippen LogP contribution >= 0.6 is 0 Å². The van der Waals surface area contributed by atoms with Crippen LogP contribution < -0.4 is 0 Å². The van der Waals surface area contributed by atoms with Gasteiger partial charge in [-0.1, -0.05) is 39.5 Å². The molecule has 0 radical (unpaired) electrons. The number of carboxylic acid groups (broad SMARTS) is 1. The Hall–Kier alpha value is -1.88. The number of carboxylic acids is 1. The summed E-state index contributed by atoms with van der Waals surface area (Å²) in [5.41, 5.74) is 1.27. The van der Waals surface area contributed by atoms with Crippen LogP contribution in [0.25, 0.3) is 0 Å². The van der Waals surface area contributed by atoms with Gasteiger partial charge in [-0.3, -0.25) is 0 Å². The molecule has 1 rings (SSSR count). The van der Waals surface area contributed by atoms with Gasteiger partial charge in [0.2, 0.25) is 0 Å². The minimum atomic E-state index is -1.09. The lowest BCUT2D eigenvalue weighted by Gasteiger charge is -2.14. The zero-order chi connectivity index (χ0) is 17.9. The Bertz CT molecular complexity index is 551. The highest BCUT2D eigenvalue weighted by atomic mass is 16.5. The van der Waals surface area contributed by atoms with Crippen LogP contribution in [0.3, 0.4) is 0 Å². The Balaban J connectivity index is 3.10. The number of hydrogen-bond acceptors (Lipinski definition) is 4. The van der Waals surface area contributed by atoms with Gasteiger partial charge in [-0.05, 0) is 42.5 Å². The van der Waals surface area contributed by atoms with Crippen LogP contribution in [-0.2, 0) is 17.8 Å². The fourth-order valence-corrected chi connectivity index (χ4v) is 2.61. The largest absolute Gasteiger partial charge is 0.478 e. The molecular weight excluding hydrogens is 308 g/mol. The molecule has 0 fully saturated rings. The van der Waals surface area contributed by atoms with Gasteiger partial charge >= 0.3 is 11.9 Å². The summed E-state index contributed by atoms with van der Waals surface area (Å²) in [5, 5.41) is 18.8. The third kappa shape index (κ3) is 5.96. The van der Waals surface area contributed by atoms with Crippen molar-refractivity contribution in [1.29, 1.82) is 0 Å². The maximum absolute atomic E-state index is 12.4. The number of unbranched alkanes of at least 4 members (excludes halogenated alkanes) is 4. The number of aliphatic hydroxyl groups is 1. The number of esters is 1. The molecule has 5 heteroatoms. The van der Waals surface area contributed by atoms with Crippen molar-refractivity contribution in [2.45, 2.75) is 65.4 Å². The first-order valence-corrected chi connectivity index (χ1v) is 8.72. The molecule has 0 amide bonds. The van der Waals surface area contributed by atoms with Gasteiger partial charge in [0.15, 0.2) is 0 Å². The number of rotatable bonds is 11. The molecule has 134 valence electrons. The number of benzene rings is 1. The van der Waals surface area contributed by atoms with Crippen LogP contribution in [0.1, 0.15) is 84.2 Å². The van der Waals surface area contributed by atoms with E-state index in [0.717, 1.165) is 38.5 Å². The van der Waals surface area contributed by atoms with E-state index in [1.54, 1.807) is 6.07 Å². The summed E-state index contributed by atoms with van der Waals surface area (Å²) in [7, 11) is 0. The Kier molecular flexibility index (Phi) is 9.08. The van der Waals surface area contributed by atoms with E-state index in [1.165, 1.54) is 6.07 Å². The van der Waals surface area contributed by atoms with E-state index in [9.17, 15) is 19.8 Å². The predicted molar refractivity (Wildman–Crippen MR) is 92.4 cm³/mol. The molecule has 1 aromatic carbocycles. The van der Waals surface area contributed by atoms with Gasteiger partial charge in [-0.15, -0.1) is 0 Å². The topological polar surface area (TPSA) is 83.8 Å². The van der Waals surface area contributed by atoms with Crippen molar-refractivity contribution in [3.63, 3.8) is 0 Å². The molecule has 0 heterocycles. The predicted octanol–water partition coefficient (Wildman–Crippen LogP) is 3.96. The second kappa shape index (κ2) is 10.8. The van der Waals surface area contributed by atoms with Crippen molar-refractivity contribution >= 4 is 11.9 Å². The summed E-state index contributed by atoms with van der Waals surface area (Å²) in [6, 6.07) is 2.99. The van der Waals surface area contributed by atoms with Crippen LogP contribution in [0.15, 0.2) is 12.1 Å². The van der Waals surface area contributed by atoms with Crippen LogP contribution in [0.2, 0.25) is 0 Å². The number of aliphatic hydroxyl groups excluding tert-OH is 1. The molecule has 0 aliphatic carbocycles. The highest BCUT2D eigenvalue weighted by Crippen LogP contribution is 2.22. The summed E-state index contributed by atoms with van der Waals surface area (Å²) in [5.74, 6) is -1.59. The first-order chi connectivity index (χ1) is 11.5. The van der Waals surface area contributed by atoms with Crippen LogP contribution in [-0.4, -0.2) is 28.8 Å². The van der Waals surface area contributed by atoms with Crippen LogP contribution in [0.4, 0.5) is 0 Å². The van der Waals surface area contributed by atoms with E-state index in [0.29, 0.717) is 24.2 Å². The normalized spacial score (nSPS) is 10.6. The van der Waals surface area contributed by atoms with Gasteiger partial charge in [-0.25, -0.2) is 9.59 Å². The lowest BCUT2D eigenvalue weighted by molar-refractivity contribution is 0.0496. The van der Waals surface area contributed by atoms with Crippen molar-refractivity contribution in [3.05, 3.63) is 34.4 Å².